The molecule has 7 nitrogen and oxygen atoms in total. The summed E-state index contributed by atoms with van der Waals surface area (Å²) in [5, 5.41) is 1.59. The molecule has 0 radical (unpaired) electrons. The number of imidazole rings is 1. The number of nitrogens with zero attached hydrogens (tertiary/aromatic N) is 4. The van der Waals surface area contributed by atoms with E-state index in [4.69, 9.17) is 4.74 Å². The highest BCUT2D eigenvalue weighted by molar-refractivity contribution is 7.90. The van der Waals surface area contributed by atoms with Crippen LogP contribution in [0.2, 0.25) is 0 Å². The van der Waals surface area contributed by atoms with Gasteiger partial charge < -0.3 is 4.74 Å². The molecule has 0 spiro atoms. The van der Waals surface area contributed by atoms with Gasteiger partial charge in [-0.25, -0.2) is 27.8 Å². The first kappa shape index (κ1) is 17.6. The molecule has 10 heteroatoms. The minimum atomic E-state index is -3.57. The first-order valence-electron chi connectivity index (χ1n) is 7.71. The zero-order valence-corrected chi connectivity index (χ0v) is 15.9. The van der Waals surface area contributed by atoms with Crippen LogP contribution in [0.5, 0.6) is 5.75 Å². The standard InChI is InChI=1S/C17H13FN4O3S2/c1-25-13-9-10(3-4-11(13)18)14-15(22-7-8-26-17(22)21-14)12-5-6-19-16(20-12)27(2,23)24/h3-9H,1-2H3. The van der Waals surface area contributed by atoms with Crippen LogP contribution < -0.4 is 4.74 Å². The van der Waals surface area contributed by atoms with Gasteiger partial charge >= 0.3 is 0 Å². The number of thiazole rings is 1. The van der Waals surface area contributed by atoms with E-state index in [-0.39, 0.29) is 10.9 Å². The van der Waals surface area contributed by atoms with Crippen molar-refractivity contribution in [2.24, 2.45) is 0 Å². The maximum atomic E-state index is 13.8. The summed E-state index contributed by atoms with van der Waals surface area (Å²) in [5.74, 6) is -0.389. The van der Waals surface area contributed by atoms with E-state index in [2.05, 4.69) is 15.0 Å². The van der Waals surface area contributed by atoms with Crippen molar-refractivity contribution >= 4 is 26.1 Å². The lowest BCUT2D eigenvalue weighted by molar-refractivity contribution is 0.387. The lowest BCUT2D eigenvalue weighted by Crippen LogP contribution is -2.05. The van der Waals surface area contributed by atoms with Gasteiger partial charge in [0.1, 0.15) is 5.69 Å². The monoisotopic (exact) mass is 404 g/mol. The van der Waals surface area contributed by atoms with Crippen molar-refractivity contribution < 1.29 is 17.5 Å². The van der Waals surface area contributed by atoms with Crippen LogP contribution in [0.25, 0.3) is 27.6 Å². The summed E-state index contributed by atoms with van der Waals surface area (Å²) >= 11 is 1.42. The van der Waals surface area contributed by atoms with Gasteiger partial charge in [0, 0.05) is 29.6 Å². The molecule has 27 heavy (non-hydrogen) atoms. The second-order valence-electron chi connectivity index (χ2n) is 5.71. The molecule has 3 aromatic heterocycles. The van der Waals surface area contributed by atoms with Crippen molar-refractivity contribution in [1.29, 1.82) is 0 Å². The molecule has 0 N–H and O–H groups in total. The number of fused-ring (bicyclic) bond motifs is 1. The molecule has 0 aliphatic rings. The van der Waals surface area contributed by atoms with Crippen LogP contribution in [0.4, 0.5) is 4.39 Å². The zero-order valence-electron chi connectivity index (χ0n) is 14.2. The molecule has 0 saturated carbocycles. The predicted molar refractivity (Wildman–Crippen MR) is 99.2 cm³/mol. The van der Waals surface area contributed by atoms with Crippen molar-refractivity contribution in [2.75, 3.05) is 13.4 Å². The van der Waals surface area contributed by atoms with Gasteiger partial charge in [-0.15, -0.1) is 11.3 Å². The van der Waals surface area contributed by atoms with Gasteiger partial charge in [0.2, 0.25) is 15.0 Å². The first-order chi connectivity index (χ1) is 12.9. The fourth-order valence-corrected chi connectivity index (χ4v) is 3.92. The number of methoxy groups -OCH3 is 1. The second-order valence-corrected chi connectivity index (χ2v) is 8.49. The Hall–Kier alpha value is -2.85. The molecule has 0 amide bonds. The Labute approximate surface area is 158 Å². The number of halogens is 1. The molecule has 3 heterocycles. The van der Waals surface area contributed by atoms with Crippen molar-refractivity contribution in [3.05, 3.63) is 47.9 Å². The highest BCUT2D eigenvalue weighted by Gasteiger charge is 2.21. The van der Waals surface area contributed by atoms with E-state index in [1.807, 2.05) is 16.0 Å². The number of sulfone groups is 1. The molecule has 0 aliphatic heterocycles. The Kier molecular flexibility index (Phi) is 4.16. The maximum Gasteiger partial charge on any atom is 0.247 e. The summed E-state index contributed by atoms with van der Waals surface area (Å²) in [4.78, 5) is 13.3. The molecule has 0 fully saturated rings. The average Bonchev–Trinajstić information content (AvgIpc) is 3.22. The number of hydrogen-bond donors (Lipinski definition) is 0. The van der Waals surface area contributed by atoms with Crippen LogP contribution in [0.15, 0.2) is 47.2 Å². The van der Waals surface area contributed by atoms with Crippen LogP contribution in [0.3, 0.4) is 0 Å². The second kappa shape index (κ2) is 6.39. The van der Waals surface area contributed by atoms with Crippen LogP contribution in [0.1, 0.15) is 0 Å². The van der Waals surface area contributed by atoms with E-state index in [0.717, 1.165) is 6.26 Å². The van der Waals surface area contributed by atoms with Gasteiger partial charge in [0.05, 0.1) is 18.5 Å². The van der Waals surface area contributed by atoms with Gasteiger partial charge in [-0.1, -0.05) is 0 Å². The van der Waals surface area contributed by atoms with Crippen molar-refractivity contribution in [3.8, 4) is 28.4 Å². The quantitative estimate of drug-likeness (QED) is 0.486. The highest BCUT2D eigenvalue weighted by atomic mass is 32.2. The van der Waals surface area contributed by atoms with E-state index in [9.17, 15) is 12.8 Å². The number of hydrogen-bond acceptors (Lipinski definition) is 7. The lowest BCUT2D eigenvalue weighted by Gasteiger charge is -2.07. The highest BCUT2D eigenvalue weighted by Crippen LogP contribution is 2.35. The summed E-state index contributed by atoms with van der Waals surface area (Å²) in [6.45, 7) is 0. The third kappa shape index (κ3) is 3.06. The molecule has 1 aromatic carbocycles. The lowest BCUT2D eigenvalue weighted by atomic mass is 10.1. The molecule has 4 rings (SSSR count). The van der Waals surface area contributed by atoms with E-state index in [1.54, 1.807) is 18.2 Å². The third-order valence-corrected chi connectivity index (χ3v) is 5.51. The fraction of sp³-hybridized carbons (Fsp3) is 0.118. The smallest absolute Gasteiger partial charge is 0.247 e. The SMILES string of the molecule is COc1cc(-c2nc3sccn3c2-c2ccnc(S(C)(=O)=O)n2)ccc1F. The molecule has 0 unspecified atom stereocenters. The summed E-state index contributed by atoms with van der Waals surface area (Å²) in [6.07, 6.45) is 4.25. The summed E-state index contributed by atoms with van der Waals surface area (Å²) in [7, 11) is -2.18. The van der Waals surface area contributed by atoms with Crippen LogP contribution in [-0.2, 0) is 9.84 Å². The van der Waals surface area contributed by atoms with E-state index < -0.39 is 15.7 Å². The minimum absolute atomic E-state index is 0.0920. The van der Waals surface area contributed by atoms with Crippen molar-refractivity contribution in [3.63, 3.8) is 0 Å². The normalized spacial score (nSPS) is 11.8. The van der Waals surface area contributed by atoms with Crippen molar-refractivity contribution in [1.82, 2.24) is 19.4 Å². The third-order valence-electron chi connectivity index (χ3n) is 3.89. The molecule has 4 aromatic rings. The van der Waals surface area contributed by atoms with Crippen LogP contribution in [-0.4, -0.2) is 41.1 Å². The van der Waals surface area contributed by atoms with Gasteiger partial charge in [-0.05, 0) is 24.3 Å². The maximum absolute atomic E-state index is 13.8. The number of ether oxygens (including phenoxy) is 1. The van der Waals surface area contributed by atoms with Gasteiger partial charge in [-0.3, -0.25) is 4.40 Å². The van der Waals surface area contributed by atoms with Gasteiger partial charge in [0.15, 0.2) is 16.5 Å². The molecule has 0 bridgehead atoms. The average molecular weight is 404 g/mol. The Morgan fingerprint density at radius 1 is 1.22 bits per heavy atom. The minimum Gasteiger partial charge on any atom is -0.494 e. The molecule has 0 aliphatic carbocycles. The zero-order chi connectivity index (χ0) is 19.2. The summed E-state index contributed by atoms with van der Waals surface area (Å²) < 4.78 is 44.4. The topological polar surface area (TPSA) is 86.5 Å². The molecular weight excluding hydrogens is 391 g/mol. The van der Waals surface area contributed by atoms with Crippen LogP contribution >= 0.6 is 11.3 Å². The van der Waals surface area contributed by atoms with E-state index in [0.29, 0.717) is 27.6 Å². The van der Waals surface area contributed by atoms with Gasteiger partial charge in [0.25, 0.3) is 0 Å². The van der Waals surface area contributed by atoms with Crippen LogP contribution in [0, 0.1) is 5.82 Å². The summed E-state index contributed by atoms with van der Waals surface area (Å²) in [5.41, 5.74) is 2.15. The van der Waals surface area contributed by atoms with Crippen molar-refractivity contribution in [2.45, 2.75) is 5.16 Å². The Morgan fingerprint density at radius 3 is 2.78 bits per heavy atom. The Morgan fingerprint density at radius 2 is 2.04 bits per heavy atom. The molecule has 138 valence electrons. The number of rotatable bonds is 4. The molecular formula is C17H13FN4O3S2. The first-order valence-corrected chi connectivity index (χ1v) is 10.5. The van der Waals surface area contributed by atoms with E-state index >= 15 is 0 Å². The van der Waals surface area contributed by atoms with Gasteiger partial charge in [-0.2, -0.15) is 0 Å². The number of benzene rings is 1. The Bertz CT molecular complexity index is 1260. The predicted octanol–water partition coefficient (Wildman–Crippen LogP) is 3.07. The van der Waals surface area contributed by atoms with E-state index in [1.165, 1.54) is 30.7 Å². The molecule has 0 saturated heterocycles. The summed E-state index contributed by atoms with van der Waals surface area (Å²) in [6, 6.07) is 6.05. The largest absolute Gasteiger partial charge is 0.494 e. The molecule has 0 atom stereocenters. The Balaban J connectivity index is 1.99. The fourth-order valence-electron chi connectivity index (χ4n) is 2.69. The number of aromatic nitrogens is 4.